The lowest BCUT2D eigenvalue weighted by Gasteiger charge is -2.35. The molecular weight excluding hydrogens is 797 g/mol. The van der Waals surface area contributed by atoms with Crippen LogP contribution in [0, 0.1) is 5.92 Å². The van der Waals surface area contributed by atoms with Crippen LogP contribution in [-0.4, -0.2) is 96.1 Å². The van der Waals surface area contributed by atoms with Crippen LogP contribution in [0.1, 0.15) is 33.9 Å². The fraction of sp³-hybridized carbons (Fsp3) is 0.500. The van der Waals surface area contributed by atoms with E-state index in [0.29, 0.717) is 35.5 Å². The van der Waals surface area contributed by atoms with E-state index in [0.717, 1.165) is 0 Å². The maximum absolute atomic E-state index is 14.9. The first-order valence-electron chi connectivity index (χ1n) is 17.9. The molecule has 9 unspecified atom stereocenters. The highest BCUT2D eigenvalue weighted by atomic mass is 31.2. The summed E-state index contributed by atoms with van der Waals surface area (Å²) in [6.45, 7) is 6.71. The highest BCUT2D eigenvalue weighted by Gasteiger charge is 2.53. The van der Waals surface area contributed by atoms with Crippen molar-refractivity contribution in [2.75, 3.05) is 37.9 Å². The minimum absolute atomic E-state index is 0.00307. The Balaban J connectivity index is 0.910. The van der Waals surface area contributed by atoms with Crippen LogP contribution in [0.15, 0.2) is 36.9 Å². The van der Waals surface area contributed by atoms with Gasteiger partial charge in [-0.1, -0.05) is 13.0 Å². The lowest BCUT2D eigenvalue weighted by atomic mass is 10.0. The first-order valence-corrected chi connectivity index (χ1v) is 20.8. The fourth-order valence-corrected chi connectivity index (χ4v) is 9.53. The van der Waals surface area contributed by atoms with E-state index in [1.165, 1.54) is 48.4 Å². The number of alkyl halides is 1. The molecule has 0 saturated carbocycles. The second kappa shape index (κ2) is 15.6. The summed E-state index contributed by atoms with van der Waals surface area (Å²) in [6, 6.07) is 5.66. The topological polar surface area (TPSA) is 266 Å². The molecule has 22 nitrogen and oxygen atoms in total. The zero-order valence-corrected chi connectivity index (χ0v) is 32.7. The van der Waals surface area contributed by atoms with E-state index in [1.807, 2.05) is 13.8 Å². The highest BCUT2D eigenvalue weighted by molar-refractivity contribution is 7.49. The van der Waals surface area contributed by atoms with Gasteiger partial charge in [0, 0.05) is 12.0 Å². The van der Waals surface area contributed by atoms with Crippen LogP contribution < -0.4 is 30.0 Å². The summed E-state index contributed by atoms with van der Waals surface area (Å²) in [7, 11) is -8.65. The van der Waals surface area contributed by atoms with Crippen molar-refractivity contribution in [3.63, 3.8) is 0 Å². The summed E-state index contributed by atoms with van der Waals surface area (Å²) >= 11 is 0. The molecule has 0 bridgehead atoms. The molecular formula is C32H39FN10O12P2. The number of rotatable bonds is 13. The molecule has 1 aromatic carbocycles. The van der Waals surface area contributed by atoms with Crippen molar-refractivity contribution in [3.8, 4) is 23.3 Å². The van der Waals surface area contributed by atoms with E-state index in [2.05, 4.69) is 29.9 Å². The molecule has 0 spiro atoms. The number of phosphoric ester groups is 2. The first-order chi connectivity index (χ1) is 27.4. The average molecular weight is 837 g/mol. The van der Waals surface area contributed by atoms with Crippen molar-refractivity contribution in [2.45, 2.75) is 71.2 Å². The Hall–Kier alpha value is -4.73. The number of ether oxygens (including phenoxy) is 4. The quantitative estimate of drug-likeness (QED) is 0.156. The maximum Gasteiger partial charge on any atom is 0.530 e. The summed E-state index contributed by atoms with van der Waals surface area (Å²) in [4.78, 5) is 25.4. The minimum atomic E-state index is -4.42. The van der Waals surface area contributed by atoms with Crippen molar-refractivity contribution >= 4 is 49.9 Å². The number of benzene rings is 1. The molecule has 3 aliphatic rings. The maximum atomic E-state index is 14.9. The predicted molar refractivity (Wildman–Crippen MR) is 195 cm³/mol. The Bertz CT molecular complexity index is 2370. The number of aromatic nitrogens is 8. The van der Waals surface area contributed by atoms with Gasteiger partial charge < -0.3 is 39.5 Å². The van der Waals surface area contributed by atoms with E-state index >= 15 is 0 Å². The average Bonchev–Trinajstić information content (AvgIpc) is 3.86. The van der Waals surface area contributed by atoms with Crippen LogP contribution in [0.2, 0.25) is 0 Å². The molecule has 0 radical (unpaired) electrons. The number of fused-ring (bicyclic) bond motifs is 3. The zero-order chi connectivity index (χ0) is 40.1. The van der Waals surface area contributed by atoms with Gasteiger partial charge in [-0.05, 0) is 32.9 Å². The third-order valence-corrected chi connectivity index (χ3v) is 11.9. The van der Waals surface area contributed by atoms with Crippen LogP contribution in [0.4, 0.5) is 16.3 Å². The standard InChI is InChI=1S/C32H39FN10O12P2/c1-5-46-28-22-26(38-31(34)40-28)42(13-36-22)15-48-20-11-49-57(45,55-25(20)17(4)33)53-19-9-7-8-18(10-19)52-56(44)50-12-21-24(54-56)16(3)30(51-21)43-14-37-23-27(43)39-32(35)41-29(23)47-6-2/h7-10,13-14,16-17,20-21,24-25,30H,5-6,11-12,15H2,1-4H3,(H2,34,38,40)(H2,35,39,41). The van der Waals surface area contributed by atoms with Crippen LogP contribution >= 0.6 is 15.6 Å². The van der Waals surface area contributed by atoms with Crippen molar-refractivity contribution < 1.29 is 59.6 Å². The van der Waals surface area contributed by atoms with Crippen molar-refractivity contribution in [1.29, 1.82) is 0 Å². The van der Waals surface area contributed by atoms with Gasteiger partial charge in [0.1, 0.15) is 55.0 Å². The Morgan fingerprint density at radius 1 is 0.895 bits per heavy atom. The molecule has 9 atom stereocenters. The predicted octanol–water partition coefficient (Wildman–Crippen LogP) is 4.37. The SMILES string of the molecule is CCOc1nc(N)nc2c1ncn2COC1COP(=O)(Oc2cccc(OP3(=O)OCC4OC(n5cnc6c(OCC)nc(N)nc65)C(C)C4O3)c2)OC1C(C)F. The molecule has 4 aromatic heterocycles. The number of anilines is 2. The van der Waals surface area contributed by atoms with E-state index in [4.69, 9.17) is 57.6 Å². The highest BCUT2D eigenvalue weighted by Crippen LogP contribution is 2.59. The van der Waals surface area contributed by atoms with Gasteiger partial charge in [0.05, 0.1) is 39.1 Å². The summed E-state index contributed by atoms with van der Waals surface area (Å²) in [6.07, 6.45) is -3.05. The first kappa shape index (κ1) is 39.1. The van der Waals surface area contributed by atoms with Gasteiger partial charge in [0.2, 0.25) is 23.7 Å². The molecule has 5 aromatic rings. The molecule has 306 valence electrons. The van der Waals surface area contributed by atoms with Crippen LogP contribution in [-0.2, 0) is 43.4 Å². The van der Waals surface area contributed by atoms with Crippen molar-refractivity contribution in [3.05, 3.63) is 36.9 Å². The molecule has 7 heterocycles. The molecule has 57 heavy (non-hydrogen) atoms. The number of nitrogens with two attached hydrogens (primary N) is 2. The normalized spacial score (nSPS) is 29.3. The second-order valence-electron chi connectivity index (χ2n) is 13.1. The molecule has 8 rings (SSSR count). The van der Waals surface area contributed by atoms with Gasteiger partial charge >= 0.3 is 15.6 Å². The third-order valence-electron chi connectivity index (χ3n) is 9.12. The van der Waals surface area contributed by atoms with Crippen LogP contribution in [0.25, 0.3) is 22.3 Å². The number of nitrogen functional groups attached to an aromatic ring is 2. The Kier molecular flexibility index (Phi) is 10.7. The van der Waals surface area contributed by atoms with Gasteiger partial charge in [0.15, 0.2) is 22.3 Å². The summed E-state index contributed by atoms with van der Waals surface area (Å²) in [5.41, 5.74) is 13.3. The van der Waals surface area contributed by atoms with Crippen LogP contribution in [0.3, 0.4) is 0 Å². The number of halogens is 1. The monoisotopic (exact) mass is 836 g/mol. The number of phosphoric acid groups is 2. The summed E-state index contributed by atoms with van der Waals surface area (Å²) in [5.74, 6) is -0.0627. The number of imidazole rings is 2. The van der Waals surface area contributed by atoms with Gasteiger partial charge in [-0.2, -0.15) is 19.9 Å². The van der Waals surface area contributed by atoms with E-state index in [-0.39, 0.29) is 61.0 Å². The van der Waals surface area contributed by atoms with Crippen molar-refractivity contribution in [1.82, 2.24) is 39.0 Å². The lowest BCUT2D eigenvalue weighted by molar-refractivity contribution is -0.126. The molecule has 3 aliphatic heterocycles. The number of nitrogens with zero attached hydrogens (tertiary/aromatic N) is 8. The molecule has 0 amide bonds. The molecule has 4 N–H and O–H groups in total. The lowest BCUT2D eigenvalue weighted by Crippen LogP contribution is -2.44. The molecule has 3 saturated heterocycles. The molecule has 3 fully saturated rings. The van der Waals surface area contributed by atoms with Gasteiger partial charge in [-0.15, -0.1) is 0 Å². The minimum Gasteiger partial charge on any atom is -0.476 e. The van der Waals surface area contributed by atoms with Crippen LogP contribution in [0.5, 0.6) is 23.3 Å². The van der Waals surface area contributed by atoms with E-state index < -0.39 is 52.5 Å². The third kappa shape index (κ3) is 7.81. The van der Waals surface area contributed by atoms with Gasteiger partial charge in [-0.25, -0.2) is 23.5 Å². The smallest absolute Gasteiger partial charge is 0.476 e. The Morgan fingerprint density at radius 2 is 1.51 bits per heavy atom. The molecule has 25 heteroatoms. The summed E-state index contributed by atoms with van der Waals surface area (Å²) in [5, 5.41) is 0. The summed E-state index contributed by atoms with van der Waals surface area (Å²) < 4.78 is 103. The molecule has 0 aliphatic carbocycles. The van der Waals surface area contributed by atoms with Gasteiger partial charge in [-0.3, -0.25) is 27.2 Å². The van der Waals surface area contributed by atoms with Crippen molar-refractivity contribution in [2.24, 2.45) is 5.92 Å². The fourth-order valence-electron chi connectivity index (χ4n) is 6.59. The number of hydrogen-bond donors (Lipinski definition) is 2. The zero-order valence-electron chi connectivity index (χ0n) is 30.9. The number of hydrogen-bond acceptors (Lipinski definition) is 20. The van der Waals surface area contributed by atoms with E-state index in [9.17, 15) is 13.5 Å². The Labute approximate surface area is 323 Å². The van der Waals surface area contributed by atoms with E-state index in [1.54, 1.807) is 11.5 Å². The largest absolute Gasteiger partial charge is 0.530 e. The Morgan fingerprint density at radius 3 is 2.18 bits per heavy atom. The van der Waals surface area contributed by atoms with Gasteiger partial charge in [0.25, 0.3) is 0 Å². The second-order valence-corrected chi connectivity index (χ2v) is 16.2.